The smallest absolute Gasteiger partial charge is 0.255 e. The first-order chi connectivity index (χ1) is 12.2. The molecule has 0 radical (unpaired) electrons. The summed E-state index contributed by atoms with van der Waals surface area (Å²) < 4.78 is 0. The van der Waals surface area contributed by atoms with E-state index in [-0.39, 0.29) is 23.1 Å². The van der Waals surface area contributed by atoms with Gasteiger partial charge in [0.05, 0.1) is 11.3 Å². The van der Waals surface area contributed by atoms with E-state index in [4.69, 9.17) is 0 Å². The van der Waals surface area contributed by atoms with Crippen molar-refractivity contribution in [3.63, 3.8) is 0 Å². The summed E-state index contributed by atoms with van der Waals surface area (Å²) in [4.78, 5) is 27.5. The maximum absolute atomic E-state index is 12.8. The molecule has 1 saturated carbocycles. The molecule has 3 fully saturated rings. The molecule has 5 heteroatoms. The lowest BCUT2D eigenvalue weighted by Gasteiger charge is -2.27. The number of carbonyl (C=O) groups excluding carboxylic acids is 2. The highest BCUT2D eigenvalue weighted by Gasteiger charge is 2.57. The Labute approximate surface area is 149 Å². The van der Waals surface area contributed by atoms with Crippen LogP contribution in [0.15, 0.2) is 24.3 Å². The van der Waals surface area contributed by atoms with Crippen LogP contribution in [0, 0.1) is 11.3 Å². The fourth-order valence-corrected chi connectivity index (χ4v) is 4.46. The van der Waals surface area contributed by atoms with Crippen molar-refractivity contribution in [2.24, 2.45) is 11.3 Å². The van der Waals surface area contributed by atoms with Crippen LogP contribution in [0.2, 0.25) is 0 Å². The molecule has 1 unspecified atom stereocenters. The third-order valence-electron chi connectivity index (χ3n) is 6.16. The first kappa shape index (κ1) is 16.6. The minimum atomic E-state index is 0.0444. The highest BCUT2D eigenvalue weighted by molar-refractivity contribution is 6.04. The average Bonchev–Trinajstić information content (AvgIpc) is 3.36. The lowest BCUT2D eigenvalue weighted by molar-refractivity contribution is -0.118. The highest BCUT2D eigenvalue weighted by atomic mass is 16.2. The van der Waals surface area contributed by atoms with Crippen molar-refractivity contribution < 1.29 is 9.59 Å². The van der Waals surface area contributed by atoms with Crippen molar-refractivity contribution in [3.8, 4) is 0 Å². The van der Waals surface area contributed by atoms with E-state index in [1.165, 1.54) is 6.42 Å². The molecule has 2 N–H and O–H groups in total. The maximum Gasteiger partial charge on any atom is 0.255 e. The number of hydrogen-bond acceptors (Lipinski definition) is 3. The van der Waals surface area contributed by atoms with E-state index in [1.807, 2.05) is 29.2 Å². The number of para-hydroxylation sites is 1. The molecule has 2 aliphatic heterocycles. The van der Waals surface area contributed by atoms with E-state index in [1.54, 1.807) is 0 Å². The largest absolute Gasteiger partial charge is 0.339 e. The van der Waals surface area contributed by atoms with Gasteiger partial charge >= 0.3 is 0 Å². The summed E-state index contributed by atoms with van der Waals surface area (Å²) in [5.74, 6) is 0.233. The zero-order valence-corrected chi connectivity index (χ0v) is 14.7. The van der Waals surface area contributed by atoms with E-state index < -0.39 is 0 Å². The second-order valence-electron chi connectivity index (χ2n) is 7.76. The third kappa shape index (κ3) is 3.30. The van der Waals surface area contributed by atoms with Crippen LogP contribution in [0.5, 0.6) is 0 Å². The molecule has 0 bridgehead atoms. The van der Waals surface area contributed by atoms with E-state index in [2.05, 4.69) is 10.6 Å². The van der Waals surface area contributed by atoms with Crippen LogP contribution in [-0.4, -0.2) is 42.9 Å². The van der Waals surface area contributed by atoms with Crippen LogP contribution in [-0.2, 0) is 4.79 Å². The number of likely N-dealkylation sites (tertiary alicyclic amines) is 1. The fraction of sp³-hybridized carbons (Fsp3) is 0.600. The lowest BCUT2D eigenvalue weighted by atomic mass is 9.91. The average molecular weight is 341 g/mol. The molecule has 0 aromatic heterocycles. The molecule has 4 rings (SSSR count). The molecule has 1 aromatic carbocycles. The van der Waals surface area contributed by atoms with Gasteiger partial charge in [-0.1, -0.05) is 12.1 Å². The number of nitrogens with zero attached hydrogens (tertiary/aromatic N) is 1. The molecule has 2 amide bonds. The van der Waals surface area contributed by atoms with Crippen LogP contribution >= 0.6 is 0 Å². The monoisotopic (exact) mass is 341 g/mol. The van der Waals surface area contributed by atoms with Crippen LogP contribution in [0.25, 0.3) is 0 Å². The minimum absolute atomic E-state index is 0.0444. The van der Waals surface area contributed by atoms with Gasteiger partial charge in [0.15, 0.2) is 0 Å². The Balaban J connectivity index is 1.46. The second kappa shape index (κ2) is 6.79. The van der Waals surface area contributed by atoms with Crippen molar-refractivity contribution in [1.82, 2.24) is 10.2 Å². The molecular weight excluding hydrogens is 314 g/mol. The Morgan fingerprint density at radius 3 is 2.56 bits per heavy atom. The summed E-state index contributed by atoms with van der Waals surface area (Å²) in [6, 6.07) is 7.44. The zero-order chi connectivity index (χ0) is 17.3. The zero-order valence-electron chi connectivity index (χ0n) is 14.7. The van der Waals surface area contributed by atoms with Crippen LogP contribution in [0.4, 0.5) is 5.69 Å². The molecule has 1 spiro atoms. The summed E-state index contributed by atoms with van der Waals surface area (Å²) in [6.07, 6.45) is 6.49. The summed E-state index contributed by atoms with van der Waals surface area (Å²) in [5.41, 5.74) is 1.50. The molecule has 1 aromatic rings. The van der Waals surface area contributed by atoms with Gasteiger partial charge in [-0.05, 0) is 69.2 Å². The van der Waals surface area contributed by atoms with E-state index in [9.17, 15) is 9.59 Å². The molecule has 2 saturated heterocycles. The Bertz CT molecular complexity index is 661. The molecule has 2 heterocycles. The quantitative estimate of drug-likeness (QED) is 0.888. The molecule has 25 heavy (non-hydrogen) atoms. The Morgan fingerprint density at radius 1 is 1.08 bits per heavy atom. The van der Waals surface area contributed by atoms with Gasteiger partial charge in [0.1, 0.15) is 0 Å². The van der Waals surface area contributed by atoms with E-state index in [0.717, 1.165) is 58.3 Å². The van der Waals surface area contributed by atoms with E-state index in [0.29, 0.717) is 11.3 Å². The minimum Gasteiger partial charge on any atom is -0.339 e. The van der Waals surface area contributed by atoms with Gasteiger partial charge in [0.25, 0.3) is 5.91 Å². The third-order valence-corrected chi connectivity index (χ3v) is 6.16. The number of rotatable bonds is 3. The summed E-state index contributed by atoms with van der Waals surface area (Å²) in [7, 11) is 0. The summed E-state index contributed by atoms with van der Waals surface area (Å²) in [6.45, 7) is 3.65. The maximum atomic E-state index is 12.8. The summed E-state index contributed by atoms with van der Waals surface area (Å²) >= 11 is 0. The first-order valence-electron chi connectivity index (χ1n) is 9.60. The Kier molecular flexibility index (Phi) is 4.50. The topological polar surface area (TPSA) is 61.4 Å². The number of hydrogen-bond donors (Lipinski definition) is 2. The van der Waals surface area contributed by atoms with Gasteiger partial charge in [-0.2, -0.15) is 0 Å². The molecule has 134 valence electrons. The Hall–Kier alpha value is -1.88. The van der Waals surface area contributed by atoms with E-state index >= 15 is 0 Å². The molecule has 1 aliphatic carbocycles. The number of carbonyl (C=O) groups is 2. The number of amides is 2. The van der Waals surface area contributed by atoms with Crippen molar-refractivity contribution in [2.45, 2.75) is 38.5 Å². The fourth-order valence-electron chi connectivity index (χ4n) is 4.46. The summed E-state index contributed by atoms with van der Waals surface area (Å²) in [5, 5.41) is 6.43. The predicted octanol–water partition coefficient (Wildman–Crippen LogP) is 2.64. The van der Waals surface area contributed by atoms with Crippen molar-refractivity contribution in [1.29, 1.82) is 0 Å². The number of nitrogens with one attached hydrogen (secondary N) is 2. The van der Waals surface area contributed by atoms with Gasteiger partial charge < -0.3 is 15.5 Å². The van der Waals surface area contributed by atoms with Crippen LogP contribution in [0.1, 0.15) is 48.9 Å². The second-order valence-corrected chi connectivity index (χ2v) is 7.76. The molecule has 1 atom stereocenters. The number of benzene rings is 1. The van der Waals surface area contributed by atoms with Gasteiger partial charge in [-0.15, -0.1) is 0 Å². The SMILES string of the molecule is O=C(Nc1ccccc1C(=O)N1CCCCC1)C1CC12CCNCC2. The van der Waals surface area contributed by atoms with Crippen molar-refractivity contribution in [3.05, 3.63) is 29.8 Å². The first-order valence-corrected chi connectivity index (χ1v) is 9.60. The predicted molar refractivity (Wildman–Crippen MR) is 97.5 cm³/mol. The molecule has 3 aliphatic rings. The van der Waals surface area contributed by atoms with Crippen molar-refractivity contribution in [2.75, 3.05) is 31.5 Å². The number of piperidine rings is 2. The molecular formula is C20H27N3O2. The Morgan fingerprint density at radius 2 is 1.80 bits per heavy atom. The lowest BCUT2D eigenvalue weighted by Crippen LogP contribution is -2.36. The standard InChI is InChI=1S/C20H27N3O2/c24-18(16-14-20(16)8-10-21-11-9-20)22-17-7-3-2-6-15(17)19(25)23-12-4-1-5-13-23/h2-3,6-7,16,21H,1,4-5,8-14H2,(H,22,24). The van der Waals surface area contributed by atoms with Crippen LogP contribution in [0.3, 0.4) is 0 Å². The van der Waals surface area contributed by atoms with Gasteiger partial charge in [-0.3, -0.25) is 9.59 Å². The van der Waals surface area contributed by atoms with Crippen LogP contribution < -0.4 is 10.6 Å². The normalized spacial score (nSPS) is 24.8. The van der Waals surface area contributed by atoms with Gasteiger partial charge in [-0.25, -0.2) is 0 Å². The number of anilines is 1. The van der Waals surface area contributed by atoms with Gasteiger partial charge in [0.2, 0.25) is 5.91 Å². The van der Waals surface area contributed by atoms with Gasteiger partial charge in [0, 0.05) is 19.0 Å². The molecule has 5 nitrogen and oxygen atoms in total. The van der Waals surface area contributed by atoms with Crippen molar-refractivity contribution >= 4 is 17.5 Å². The highest BCUT2D eigenvalue weighted by Crippen LogP contribution is 2.58.